The molecule has 0 saturated carbocycles. The van der Waals surface area contributed by atoms with Crippen LogP contribution < -0.4 is 4.74 Å². The molecule has 0 radical (unpaired) electrons. The predicted molar refractivity (Wildman–Crippen MR) is 75.4 cm³/mol. The van der Waals surface area contributed by atoms with Crippen LogP contribution in [0.2, 0.25) is 0 Å². The number of Topliss-reactive ketones (excluding diaryl/α,β-unsaturated/α-hetero) is 1. The molecule has 98 valence electrons. The minimum Gasteiger partial charge on any atom is -0.454 e. The first-order valence-electron chi connectivity index (χ1n) is 5.72. The summed E-state index contributed by atoms with van der Waals surface area (Å²) in [5.41, 5.74) is 1.30. The number of ether oxygens (including phenoxy) is 1. The van der Waals surface area contributed by atoms with Crippen molar-refractivity contribution in [3.8, 4) is 11.5 Å². The van der Waals surface area contributed by atoms with Crippen LogP contribution in [0.1, 0.15) is 22.8 Å². The molecule has 0 aliphatic rings. The fourth-order valence-electron chi connectivity index (χ4n) is 1.67. The molecule has 2 aromatic carbocycles. The van der Waals surface area contributed by atoms with Gasteiger partial charge in [0.15, 0.2) is 17.3 Å². The van der Waals surface area contributed by atoms with Crippen LogP contribution in [0.25, 0.3) is 0 Å². The van der Waals surface area contributed by atoms with Gasteiger partial charge in [0.1, 0.15) is 5.75 Å². The minimum atomic E-state index is -0.456. The van der Waals surface area contributed by atoms with Crippen molar-refractivity contribution in [2.45, 2.75) is 13.8 Å². The molecule has 2 aromatic rings. The zero-order valence-electron chi connectivity index (χ0n) is 10.5. The van der Waals surface area contributed by atoms with Crippen LogP contribution in [-0.2, 0) is 0 Å². The largest absolute Gasteiger partial charge is 0.454 e. The summed E-state index contributed by atoms with van der Waals surface area (Å²) >= 11 is 3.29. The number of halogens is 2. The fourth-order valence-corrected chi connectivity index (χ4v) is 2.03. The highest BCUT2D eigenvalue weighted by Crippen LogP contribution is 2.30. The van der Waals surface area contributed by atoms with E-state index in [0.29, 0.717) is 11.3 Å². The standard InChI is InChI=1S/C15H12BrFO2/c1-9-3-5-13(17)15(7-9)19-14-6-4-11(16)8-12(14)10(2)18/h3-8H,1-2H3. The van der Waals surface area contributed by atoms with Gasteiger partial charge in [0.2, 0.25) is 0 Å². The predicted octanol–water partition coefficient (Wildman–Crippen LogP) is 4.89. The van der Waals surface area contributed by atoms with Crippen molar-refractivity contribution in [2.75, 3.05) is 0 Å². The molecular weight excluding hydrogens is 311 g/mol. The maximum atomic E-state index is 13.6. The SMILES string of the molecule is CC(=O)c1cc(Br)ccc1Oc1cc(C)ccc1F. The van der Waals surface area contributed by atoms with Crippen LogP contribution >= 0.6 is 15.9 Å². The van der Waals surface area contributed by atoms with Crippen LogP contribution in [0.4, 0.5) is 4.39 Å². The molecule has 2 rings (SSSR count). The van der Waals surface area contributed by atoms with Crippen molar-refractivity contribution in [3.05, 3.63) is 57.8 Å². The normalized spacial score (nSPS) is 10.3. The van der Waals surface area contributed by atoms with Gasteiger partial charge in [-0.15, -0.1) is 0 Å². The lowest BCUT2D eigenvalue weighted by Gasteiger charge is -2.11. The smallest absolute Gasteiger partial charge is 0.165 e. The summed E-state index contributed by atoms with van der Waals surface area (Å²) in [6.45, 7) is 3.29. The summed E-state index contributed by atoms with van der Waals surface area (Å²) in [7, 11) is 0. The zero-order valence-corrected chi connectivity index (χ0v) is 12.1. The van der Waals surface area contributed by atoms with E-state index in [1.165, 1.54) is 13.0 Å². The van der Waals surface area contributed by atoms with E-state index in [9.17, 15) is 9.18 Å². The molecule has 0 aliphatic carbocycles. The average molecular weight is 323 g/mol. The minimum absolute atomic E-state index is 0.116. The maximum absolute atomic E-state index is 13.6. The summed E-state index contributed by atoms with van der Waals surface area (Å²) in [6.07, 6.45) is 0. The molecule has 0 aliphatic heterocycles. The molecule has 0 fully saturated rings. The molecule has 0 bridgehead atoms. The molecule has 0 atom stereocenters. The Hall–Kier alpha value is -1.68. The van der Waals surface area contributed by atoms with E-state index in [1.54, 1.807) is 30.3 Å². The number of rotatable bonds is 3. The van der Waals surface area contributed by atoms with Gasteiger partial charge >= 0.3 is 0 Å². The number of benzene rings is 2. The second kappa shape index (κ2) is 5.53. The highest BCUT2D eigenvalue weighted by molar-refractivity contribution is 9.10. The molecule has 4 heteroatoms. The highest BCUT2D eigenvalue weighted by Gasteiger charge is 2.12. The lowest BCUT2D eigenvalue weighted by molar-refractivity contribution is 0.101. The van der Waals surface area contributed by atoms with E-state index in [-0.39, 0.29) is 11.5 Å². The van der Waals surface area contributed by atoms with E-state index in [2.05, 4.69) is 15.9 Å². The van der Waals surface area contributed by atoms with Crippen molar-refractivity contribution < 1.29 is 13.9 Å². The average Bonchev–Trinajstić information content (AvgIpc) is 2.35. The highest BCUT2D eigenvalue weighted by atomic mass is 79.9. The van der Waals surface area contributed by atoms with Gasteiger partial charge in [-0.3, -0.25) is 4.79 Å². The fraction of sp³-hybridized carbons (Fsp3) is 0.133. The van der Waals surface area contributed by atoms with Gasteiger partial charge in [-0.05, 0) is 49.7 Å². The first-order valence-corrected chi connectivity index (χ1v) is 6.51. The van der Waals surface area contributed by atoms with Crippen LogP contribution in [0.3, 0.4) is 0 Å². The Labute approximate surface area is 119 Å². The molecule has 0 spiro atoms. The molecule has 0 aromatic heterocycles. The van der Waals surface area contributed by atoms with Crippen LogP contribution in [0.5, 0.6) is 11.5 Å². The lowest BCUT2D eigenvalue weighted by Crippen LogP contribution is -1.98. The number of hydrogen-bond acceptors (Lipinski definition) is 2. The van der Waals surface area contributed by atoms with Crippen molar-refractivity contribution in [1.29, 1.82) is 0 Å². The van der Waals surface area contributed by atoms with Gasteiger partial charge in [-0.2, -0.15) is 0 Å². The zero-order chi connectivity index (χ0) is 14.0. The van der Waals surface area contributed by atoms with Crippen LogP contribution in [0, 0.1) is 12.7 Å². The van der Waals surface area contributed by atoms with Gasteiger partial charge in [0.05, 0.1) is 5.56 Å². The molecule has 0 heterocycles. The quantitative estimate of drug-likeness (QED) is 0.752. The third kappa shape index (κ3) is 3.20. The van der Waals surface area contributed by atoms with Gasteiger partial charge in [-0.1, -0.05) is 22.0 Å². The Morgan fingerprint density at radius 2 is 1.89 bits per heavy atom. The molecule has 0 amide bonds. The van der Waals surface area contributed by atoms with Crippen molar-refractivity contribution in [3.63, 3.8) is 0 Å². The Morgan fingerprint density at radius 1 is 1.16 bits per heavy atom. The van der Waals surface area contributed by atoms with Gasteiger partial charge < -0.3 is 4.74 Å². The van der Waals surface area contributed by atoms with E-state index >= 15 is 0 Å². The first-order chi connectivity index (χ1) is 8.97. The number of hydrogen-bond donors (Lipinski definition) is 0. The van der Waals surface area contributed by atoms with Crippen molar-refractivity contribution in [2.24, 2.45) is 0 Å². The second-order valence-corrected chi connectivity index (χ2v) is 5.15. The Morgan fingerprint density at radius 3 is 2.58 bits per heavy atom. The molecule has 0 N–H and O–H groups in total. The van der Waals surface area contributed by atoms with Crippen molar-refractivity contribution in [1.82, 2.24) is 0 Å². The molecule has 0 unspecified atom stereocenters. The lowest BCUT2D eigenvalue weighted by atomic mass is 10.1. The van der Waals surface area contributed by atoms with E-state index < -0.39 is 5.82 Å². The van der Waals surface area contributed by atoms with Gasteiger partial charge in [-0.25, -0.2) is 4.39 Å². The number of aryl methyl sites for hydroxylation is 1. The van der Waals surface area contributed by atoms with E-state index in [1.807, 2.05) is 6.92 Å². The Balaban J connectivity index is 2.43. The summed E-state index contributed by atoms with van der Waals surface area (Å²) in [4.78, 5) is 11.6. The monoisotopic (exact) mass is 322 g/mol. The van der Waals surface area contributed by atoms with E-state index in [0.717, 1.165) is 10.0 Å². The molecule has 2 nitrogen and oxygen atoms in total. The summed E-state index contributed by atoms with van der Waals surface area (Å²) in [5.74, 6) is -0.127. The summed E-state index contributed by atoms with van der Waals surface area (Å²) in [6, 6.07) is 9.65. The second-order valence-electron chi connectivity index (χ2n) is 4.23. The van der Waals surface area contributed by atoms with Crippen molar-refractivity contribution >= 4 is 21.7 Å². The van der Waals surface area contributed by atoms with Gasteiger partial charge in [0, 0.05) is 4.47 Å². The van der Waals surface area contributed by atoms with E-state index in [4.69, 9.17) is 4.74 Å². The molecule has 0 saturated heterocycles. The molecular formula is C15H12BrFO2. The molecule has 19 heavy (non-hydrogen) atoms. The topological polar surface area (TPSA) is 26.3 Å². The maximum Gasteiger partial charge on any atom is 0.165 e. The Kier molecular flexibility index (Phi) is 4.00. The summed E-state index contributed by atoms with van der Waals surface area (Å²) < 4.78 is 19.9. The first kappa shape index (κ1) is 13.7. The third-order valence-electron chi connectivity index (χ3n) is 2.63. The number of carbonyl (C=O) groups is 1. The van der Waals surface area contributed by atoms with Crippen LogP contribution in [-0.4, -0.2) is 5.78 Å². The van der Waals surface area contributed by atoms with Gasteiger partial charge in [0.25, 0.3) is 0 Å². The number of carbonyl (C=O) groups excluding carboxylic acids is 1. The third-order valence-corrected chi connectivity index (χ3v) is 3.12. The summed E-state index contributed by atoms with van der Waals surface area (Å²) in [5, 5.41) is 0. The Bertz CT molecular complexity index is 638. The van der Waals surface area contributed by atoms with Crippen LogP contribution in [0.15, 0.2) is 40.9 Å². The number of ketones is 1.